The van der Waals surface area contributed by atoms with Crippen LogP contribution in [-0.2, 0) is 19.1 Å². The summed E-state index contributed by atoms with van der Waals surface area (Å²) in [6, 6.07) is 0. The lowest BCUT2D eigenvalue weighted by Crippen LogP contribution is -2.35. The van der Waals surface area contributed by atoms with Crippen molar-refractivity contribution in [3.8, 4) is 0 Å². The van der Waals surface area contributed by atoms with Crippen LogP contribution >= 0.6 is 22.6 Å². The van der Waals surface area contributed by atoms with E-state index in [0.29, 0.717) is 6.61 Å². The number of alkyl halides is 1. The summed E-state index contributed by atoms with van der Waals surface area (Å²) < 4.78 is 9.02. The van der Waals surface area contributed by atoms with Crippen molar-refractivity contribution in [3.63, 3.8) is 0 Å². The van der Waals surface area contributed by atoms with Gasteiger partial charge in [0, 0.05) is 13.2 Å². The van der Waals surface area contributed by atoms with Crippen LogP contribution in [0.4, 0.5) is 0 Å². The fourth-order valence-electron chi connectivity index (χ4n) is 0.660. The summed E-state index contributed by atoms with van der Waals surface area (Å²) in [6.07, 6.45) is 0. The zero-order valence-corrected chi connectivity index (χ0v) is 10.4. The zero-order chi connectivity index (χ0) is 11.0. The molecule has 0 saturated heterocycles. The SMILES string of the molecule is CCOCC(=O)NCC(I)C(=O)OC. The lowest BCUT2D eigenvalue weighted by molar-refractivity contribution is -0.139. The van der Waals surface area contributed by atoms with Crippen LogP contribution < -0.4 is 5.32 Å². The van der Waals surface area contributed by atoms with Crippen molar-refractivity contribution in [3.05, 3.63) is 0 Å². The Morgan fingerprint density at radius 2 is 2.14 bits per heavy atom. The van der Waals surface area contributed by atoms with Gasteiger partial charge < -0.3 is 14.8 Å². The Morgan fingerprint density at radius 1 is 1.50 bits per heavy atom. The molecule has 0 aromatic carbocycles. The van der Waals surface area contributed by atoms with Gasteiger partial charge in [-0.2, -0.15) is 0 Å². The molecule has 0 fully saturated rings. The van der Waals surface area contributed by atoms with Crippen LogP contribution in [0.3, 0.4) is 0 Å². The minimum atomic E-state index is -0.358. The summed E-state index contributed by atoms with van der Waals surface area (Å²) in [6.45, 7) is 2.60. The van der Waals surface area contributed by atoms with Crippen molar-refractivity contribution in [2.45, 2.75) is 10.8 Å². The molecule has 14 heavy (non-hydrogen) atoms. The Balaban J connectivity index is 3.60. The van der Waals surface area contributed by atoms with Crippen LogP contribution in [0.2, 0.25) is 0 Å². The van der Waals surface area contributed by atoms with E-state index in [1.54, 1.807) is 0 Å². The number of esters is 1. The van der Waals surface area contributed by atoms with Crippen LogP contribution in [0.1, 0.15) is 6.92 Å². The molecule has 0 aliphatic carbocycles. The van der Waals surface area contributed by atoms with Gasteiger partial charge in [-0.15, -0.1) is 0 Å². The maximum atomic E-state index is 11.0. The van der Waals surface area contributed by atoms with Gasteiger partial charge in [0.15, 0.2) is 0 Å². The zero-order valence-electron chi connectivity index (χ0n) is 8.21. The highest BCUT2D eigenvalue weighted by Gasteiger charge is 2.15. The van der Waals surface area contributed by atoms with Gasteiger partial charge in [0.2, 0.25) is 5.91 Å². The number of carbonyl (C=O) groups excluding carboxylic acids is 2. The molecule has 82 valence electrons. The molecule has 1 unspecified atom stereocenters. The van der Waals surface area contributed by atoms with Gasteiger partial charge in [0.25, 0.3) is 0 Å². The number of hydrogen-bond acceptors (Lipinski definition) is 4. The maximum absolute atomic E-state index is 11.0. The molecule has 0 aliphatic heterocycles. The maximum Gasteiger partial charge on any atom is 0.320 e. The predicted molar refractivity (Wildman–Crippen MR) is 59.3 cm³/mol. The highest BCUT2D eigenvalue weighted by molar-refractivity contribution is 14.1. The molecule has 1 atom stereocenters. The summed E-state index contributed by atoms with van der Waals surface area (Å²) in [5, 5.41) is 2.56. The number of methoxy groups -OCH3 is 1. The first-order valence-electron chi connectivity index (χ1n) is 4.18. The molecule has 1 amide bonds. The van der Waals surface area contributed by atoms with Crippen molar-refractivity contribution >= 4 is 34.5 Å². The summed E-state index contributed by atoms with van der Waals surface area (Å²) in [7, 11) is 1.32. The molecule has 0 saturated carbocycles. The first-order valence-corrected chi connectivity index (χ1v) is 5.42. The second kappa shape index (κ2) is 7.98. The van der Waals surface area contributed by atoms with Gasteiger partial charge in [-0.25, -0.2) is 0 Å². The number of carbonyl (C=O) groups is 2. The highest BCUT2D eigenvalue weighted by atomic mass is 127. The van der Waals surface area contributed by atoms with Crippen LogP contribution in [0.5, 0.6) is 0 Å². The second-order valence-electron chi connectivity index (χ2n) is 2.43. The molecule has 0 aliphatic rings. The van der Waals surface area contributed by atoms with Crippen LogP contribution in [-0.4, -0.2) is 42.7 Å². The minimum absolute atomic E-state index is 0.0288. The molecule has 1 N–H and O–H groups in total. The first kappa shape index (κ1) is 13.6. The number of hydrogen-bond donors (Lipinski definition) is 1. The van der Waals surface area contributed by atoms with E-state index in [1.807, 2.05) is 29.5 Å². The predicted octanol–water partition coefficient (Wildman–Crippen LogP) is 0.116. The third-order valence-electron chi connectivity index (χ3n) is 1.37. The first-order chi connectivity index (χ1) is 6.61. The Kier molecular flexibility index (Phi) is 7.77. The molecular formula is C8H14INO4. The molecular weight excluding hydrogens is 301 g/mol. The fourth-order valence-corrected chi connectivity index (χ4v) is 1.13. The quantitative estimate of drug-likeness (QED) is 0.429. The molecule has 0 bridgehead atoms. The molecule has 0 spiro atoms. The fraction of sp³-hybridized carbons (Fsp3) is 0.750. The van der Waals surface area contributed by atoms with Gasteiger partial charge in [-0.3, -0.25) is 9.59 Å². The normalized spacial score (nSPS) is 11.9. The summed E-state index contributed by atoms with van der Waals surface area (Å²) >= 11 is 1.91. The van der Waals surface area contributed by atoms with E-state index in [4.69, 9.17) is 4.74 Å². The standard InChI is InChI=1S/C8H14INO4/c1-3-14-5-7(11)10-4-6(9)8(12)13-2/h6H,3-5H2,1-2H3,(H,10,11). The number of halogens is 1. The molecule has 5 nitrogen and oxygen atoms in total. The smallest absolute Gasteiger partial charge is 0.320 e. The molecule has 0 aromatic heterocycles. The van der Waals surface area contributed by atoms with Gasteiger partial charge in [-0.1, -0.05) is 22.6 Å². The number of rotatable bonds is 6. The number of ether oxygens (including phenoxy) is 2. The van der Waals surface area contributed by atoms with E-state index in [2.05, 4.69) is 10.1 Å². The van der Waals surface area contributed by atoms with E-state index in [1.165, 1.54) is 7.11 Å². The van der Waals surface area contributed by atoms with E-state index in [9.17, 15) is 9.59 Å². The summed E-state index contributed by atoms with van der Waals surface area (Å²) in [5.41, 5.74) is 0. The summed E-state index contributed by atoms with van der Waals surface area (Å²) in [5.74, 6) is -0.570. The van der Waals surface area contributed by atoms with Gasteiger partial charge in [0.05, 0.1) is 7.11 Å². The average Bonchev–Trinajstić information content (AvgIpc) is 2.21. The largest absolute Gasteiger partial charge is 0.468 e. The minimum Gasteiger partial charge on any atom is -0.468 e. The molecule has 0 heterocycles. The lowest BCUT2D eigenvalue weighted by Gasteiger charge is -2.08. The van der Waals surface area contributed by atoms with Crippen molar-refractivity contribution in [2.75, 3.05) is 26.9 Å². The number of nitrogens with one attached hydrogen (secondary N) is 1. The monoisotopic (exact) mass is 315 g/mol. The Morgan fingerprint density at radius 3 is 2.64 bits per heavy atom. The van der Waals surface area contributed by atoms with Crippen LogP contribution in [0.25, 0.3) is 0 Å². The van der Waals surface area contributed by atoms with Crippen molar-refractivity contribution < 1.29 is 19.1 Å². The van der Waals surface area contributed by atoms with Gasteiger partial charge in [0.1, 0.15) is 10.5 Å². The second-order valence-corrected chi connectivity index (χ2v) is 3.94. The molecule has 0 rings (SSSR count). The molecule has 0 radical (unpaired) electrons. The molecule has 6 heteroatoms. The van der Waals surface area contributed by atoms with Crippen molar-refractivity contribution in [1.82, 2.24) is 5.32 Å². The van der Waals surface area contributed by atoms with E-state index in [0.717, 1.165) is 0 Å². The Labute approximate surface area is 96.7 Å². The third-order valence-corrected chi connectivity index (χ3v) is 2.32. The molecule has 0 aromatic rings. The van der Waals surface area contributed by atoms with E-state index in [-0.39, 0.29) is 29.0 Å². The van der Waals surface area contributed by atoms with Crippen molar-refractivity contribution in [2.24, 2.45) is 0 Å². The Bertz CT molecular complexity index is 198. The lowest BCUT2D eigenvalue weighted by atomic mass is 10.4. The summed E-state index contributed by atoms with van der Waals surface area (Å²) in [4.78, 5) is 22.0. The van der Waals surface area contributed by atoms with E-state index < -0.39 is 0 Å². The van der Waals surface area contributed by atoms with Gasteiger partial charge in [-0.05, 0) is 6.92 Å². The Hall–Kier alpha value is -0.370. The highest BCUT2D eigenvalue weighted by Crippen LogP contribution is 2.00. The third kappa shape index (κ3) is 6.14. The van der Waals surface area contributed by atoms with Crippen molar-refractivity contribution in [1.29, 1.82) is 0 Å². The number of amides is 1. The van der Waals surface area contributed by atoms with Crippen LogP contribution in [0, 0.1) is 0 Å². The average molecular weight is 315 g/mol. The topological polar surface area (TPSA) is 64.6 Å². The van der Waals surface area contributed by atoms with Gasteiger partial charge >= 0.3 is 5.97 Å². The van der Waals surface area contributed by atoms with E-state index >= 15 is 0 Å². The van der Waals surface area contributed by atoms with Crippen LogP contribution in [0.15, 0.2) is 0 Å².